The number of H-pyrrole nitrogens is 2. The van der Waals surface area contributed by atoms with Crippen molar-refractivity contribution >= 4 is 39.4 Å². The van der Waals surface area contributed by atoms with Crippen LogP contribution in [0, 0.1) is 0 Å². The van der Waals surface area contributed by atoms with E-state index in [1.807, 2.05) is 24.5 Å². The van der Waals surface area contributed by atoms with E-state index in [1.165, 1.54) is 0 Å². The van der Waals surface area contributed by atoms with Crippen LogP contribution in [0.15, 0.2) is 61.3 Å². The second kappa shape index (κ2) is 8.49. The number of dihydropyridines is 1. The lowest BCUT2D eigenvalue weighted by Crippen LogP contribution is -2.10. The van der Waals surface area contributed by atoms with Gasteiger partial charge in [-0.15, -0.1) is 0 Å². The van der Waals surface area contributed by atoms with Gasteiger partial charge in [0.15, 0.2) is 11.5 Å². The maximum absolute atomic E-state index is 11.6. The number of anilines is 1. The van der Waals surface area contributed by atoms with Gasteiger partial charge in [-0.25, -0.2) is 15.0 Å². The summed E-state index contributed by atoms with van der Waals surface area (Å²) in [5.41, 5.74) is 6.71. The van der Waals surface area contributed by atoms with Crippen molar-refractivity contribution in [3.8, 4) is 22.6 Å². The molecule has 0 saturated carbocycles. The lowest BCUT2D eigenvalue weighted by atomic mass is 10.1. The molecule has 0 aliphatic carbocycles. The molecule has 10 heteroatoms. The maximum Gasteiger partial charge on any atom is 0.225 e. The van der Waals surface area contributed by atoms with Crippen molar-refractivity contribution < 1.29 is 4.79 Å². The summed E-state index contributed by atoms with van der Waals surface area (Å²) in [6, 6.07) is 5.69. The first-order chi connectivity index (χ1) is 17.2. The summed E-state index contributed by atoms with van der Waals surface area (Å²) < 4.78 is 0. The summed E-state index contributed by atoms with van der Waals surface area (Å²) in [4.78, 5) is 33.1. The number of allylic oxidation sites excluding steroid dienone is 2. The number of nitrogens with one attached hydrogen (secondary N) is 4. The van der Waals surface area contributed by atoms with Crippen LogP contribution in [0.1, 0.15) is 18.9 Å². The highest BCUT2D eigenvalue weighted by Crippen LogP contribution is 2.31. The standard InChI is InChI=1S/C25H21N9O/c1-2-21(35)31-20-6-5-14(10-28-20)16-8-17-23(33-34-24(17)29-11-16)25-30-19-13-27-12-18(22(19)32-25)15-4-3-7-26-9-15/h3-6,8-13,26H,2,7H2,1H3,(H,30,32)(H,28,31,35)(H,29,33,34). The number of hydrogen-bond acceptors (Lipinski definition) is 7. The van der Waals surface area contributed by atoms with E-state index in [1.54, 1.807) is 31.6 Å². The molecule has 172 valence electrons. The van der Waals surface area contributed by atoms with Crippen LogP contribution < -0.4 is 10.6 Å². The molecular weight excluding hydrogens is 442 g/mol. The third-order valence-electron chi connectivity index (χ3n) is 5.83. The van der Waals surface area contributed by atoms with Gasteiger partial charge in [0, 0.05) is 60.0 Å². The Balaban J connectivity index is 1.39. The van der Waals surface area contributed by atoms with Crippen molar-refractivity contribution in [2.45, 2.75) is 13.3 Å². The summed E-state index contributed by atoms with van der Waals surface area (Å²) >= 11 is 0. The van der Waals surface area contributed by atoms with Crippen LogP contribution in [0.5, 0.6) is 0 Å². The molecule has 1 aliphatic rings. The molecule has 0 spiro atoms. The van der Waals surface area contributed by atoms with Crippen LogP contribution in [-0.2, 0) is 4.79 Å². The highest BCUT2D eigenvalue weighted by Gasteiger charge is 2.17. The zero-order chi connectivity index (χ0) is 23.8. The van der Waals surface area contributed by atoms with Gasteiger partial charge in [-0.2, -0.15) is 5.10 Å². The minimum atomic E-state index is -0.0763. The van der Waals surface area contributed by atoms with E-state index in [4.69, 9.17) is 4.98 Å². The molecule has 1 amide bonds. The van der Waals surface area contributed by atoms with E-state index in [0.29, 0.717) is 23.7 Å². The average molecular weight is 464 g/mol. The van der Waals surface area contributed by atoms with Crippen LogP contribution in [0.2, 0.25) is 0 Å². The smallest absolute Gasteiger partial charge is 0.225 e. The Kier molecular flexibility index (Phi) is 5.03. The quantitative estimate of drug-likeness (QED) is 0.311. The SMILES string of the molecule is CCC(=O)Nc1ccc(-c2cnc3n[nH]c(-c4nc5c(C6=CNCC=C6)cncc5[nH]4)c3c2)cn1. The van der Waals surface area contributed by atoms with Crippen LogP contribution in [0.25, 0.3) is 50.3 Å². The second-order valence-electron chi connectivity index (χ2n) is 8.11. The fourth-order valence-electron chi connectivity index (χ4n) is 4.01. The minimum absolute atomic E-state index is 0.0763. The first-order valence-corrected chi connectivity index (χ1v) is 11.2. The molecule has 4 N–H and O–H groups in total. The first-order valence-electron chi connectivity index (χ1n) is 11.2. The molecule has 6 rings (SSSR count). The predicted octanol–water partition coefficient (Wildman–Crippen LogP) is 3.81. The zero-order valence-electron chi connectivity index (χ0n) is 18.8. The van der Waals surface area contributed by atoms with Crippen molar-refractivity contribution in [1.29, 1.82) is 0 Å². The third-order valence-corrected chi connectivity index (χ3v) is 5.83. The van der Waals surface area contributed by atoms with Crippen LogP contribution in [0.4, 0.5) is 5.82 Å². The molecule has 0 saturated heterocycles. The molecule has 0 unspecified atom stereocenters. The van der Waals surface area contributed by atoms with Crippen molar-refractivity contribution in [2.24, 2.45) is 0 Å². The lowest BCUT2D eigenvalue weighted by Gasteiger charge is -2.08. The van der Waals surface area contributed by atoms with Crippen molar-refractivity contribution in [3.05, 3.63) is 66.9 Å². The van der Waals surface area contributed by atoms with Gasteiger partial charge < -0.3 is 15.6 Å². The van der Waals surface area contributed by atoms with Crippen molar-refractivity contribution in [3.63, 3.8) is 0 Å². The molecule has 6 heterocycles. The van der Waals surface area contributed by atoms with Crippen LogP contribution >= 0.6 is 0 Å². The van der Waals surface area contributed by atoms with E-state index in [9.17, 15) is 4.79 Å². The number of carbonyl (C=O) groups is 1. The minimum Gasteiger partial charge on any atom is -0.387 e. The van der Waals surface area contributed by atoms with Gasteiger partial charge >= 0.3 is 0 Å². The number of hydrogen-bond donors (Lipinski definition) is 4. The summed E-state index contributed by atoms with van der Waals surface area (Å²) in [5, 5.41) is 14.3. The Bertz CT molecular complexity index is 1630. The first kappa shape index (κ1) is 20.7. The maximum atomic E-state index is 11.6. The number of imidazole rings is 1. The molecular formula is C25H21N9O. The van der Waals surface area contributed by atoms with Gasteiger partial charge in [-0.1, -0.05) is 19.1 Å². The fourth-order valence-corrected chi connectivity index (χ4v) is 4.01. The molecule has 0 bridgehead atoms. The Labute approximate surface area is 199 Å². The zero-order valence-corrected chi connectivity index (χ0v) is 18.8. The molecule has 0 aromatic carbocycles. The fraction of sp³-hybridized carbons (Fsp3) is 0.120. The molecule has 5 aromatic rings. The molecule has 0 fully saturated rings. The number of amides is 1. The van der Waals surface area contributed by atoms with Gasteiger partial charge in [0.1, 0.15) is 17.0 Å². The monoisotopic (exact) mass is 463 g/mol. The summed E-state index contributed by atoms with van der Waals surface area (Å²) in [6.45, 7) is 2.60. The molecule has 10 nitrogen and oxygen atoms in total. The number of pyridine rings is 3. The number of fused-ring (bicyclic) bond motifs is 2. The van der Waals surface area contributed by atoms with E-state index in [2.05, 4.69) is 52.9 Å². The Morgan fingerprint density at radius 1 is 1.11 bits per heavy atom. The highest BCUT2D eigenvalue weighted by molar-refractivity contribution is 5.96. The molecule has 1 aliphatic heterocycles. The molecule has 0 radical (unpaired) electrons. The van der Waals surface area contributed by atoms with Crippen LogP contribution in [0.3, 0.4) is 0 Å². The van der Waals surface area contributed by atoms with E-state index in [0.717, 1.165) is 50.9 Å². The average Bonchev–Trinajstić information content (AvgIpc) is 3.53. The third kappa shape index (κ3) is 3.80. The van der Waals surface area contributed by atoms with Gasteiger partial charge in [0.25, 0.3) is 0 Å². The normalized spacial score (nSPS) is 13.1. The Hall–Kier alpha value is -4.86. The predicted molar refractivity (Wildman–Crippen MR) is 134 cm³/mol. The van der Waals surface area contributed by atoms with E-state index in [-0.39, 0.29) is 5.91 Å². The van der Waals surface area contributed by atoms with Gasteiger partial charge in [0.2, 0.25) is 5.91 Å². The van der Waals surface area contributed by atoms with Crippen molar-refractivity contribution in [1.82, 2.24) is 40.4 Å². The number of rotatable bonds is 5. The number of carbonyl (C=O) groups excluding carboxylic acids is 1. The van der Waals surface area contributed by atoms with Gasteiger partial charge in [-0.05, 0) is 18.2 Å². The second-order valence-corrected chi connectivity index (χ2v) is 8.11. The number of aromatic amines is 2. The lowest BCUT2D eigenvalue weighted by molar-refractivity contribution is -0.115. The highest BCUT2D eigenvalue weighted by atomic mass is 16.1. The summed E-state index contributed by atoms with van der Waals surface area (Å²) in [5.74, 6) is 1.09. The van der Waals surface area contributed by atoms with Crippen LogP contribution in [-0.4, -0.2) is 47.6 Å². The number of nitrogens with zero attached hydrogens (tertiary/aromatic N) is 5. The Morgan fingerprint density at radius 3 is 2.83 bits per heavy atom. The molecule has 0 atom stereocenters. The number of aromatic nitrogens is 7. The van der Waals surface area contributed by atoms with E-state index < -0.39 is 0 Å². The summed E-state index contributed by atoms with van der Waals surface area (Å²) in [6.07, 6.45) is 13.6. The summed E-state index contributed by atoms with van der Waals surface area (Å²) in [7, 11) is 0. The Morgan fingerprint density at radius 2 is 2.03 bits per heavy atom. The topological polar surface area (TPSA) is 137 Å². The molecule has 5 aromatic heterocycles. The largest absolute Gasteiger partial charge is 0.387 e. The van der Waals surface area contributed by atoms with Crippen molar-refractivity contribution in [2.75, 3.05) is 11.9 Å². The van der Waals surface area contributed by atoms with Gasteiger partial charge in [0.05, 0.1) is 17.1 Å². The van der Waals surface area contributed by atoms with E-state index >= 15 is 0 Å². The van der Waals surface area contributed by atoms with Gasteiger partial charge in [-0.3, -0.25) is 14.9 Å². The molecule has 35 heavy (non-hydrogen) atoms.